The lowest BCUT2D eigenvalue weighted by Gasteiger charge is -2.26. The molecule has 0 saturated heterocycles. The largest absolute Gasteiger partial charge is 0.508 e. The number of fused-ring (bicyclic) bond motifs is 5. The first-order chi connectivity index (χ1) is 25.0. The van der Waals surface area contributed by atoms with Crippen LogP contribution in [0.15, 0.2) is 36.4 Å². The van der Waals surface area contributed by atoms with Crippen LogP contribution in [0.1, 0.15) is 36.8 Å². The van der Waals surface area contributed by atoms with E-state index in [0.717, 1.165) is 0 Å². The average molecular weight is 726 g/mol. The van der Waals surface area contributed by atoms with Crippen LogP contribution in [0.5, 0.6) is 11.5 Å². The Morgan fingerprint density at radius 3 is 1.96 bits per heavy atom. The first-order valence-corrected chi connectivity index (χ1v) is 17.7. The highest BCUT2D eigenvalue weighted by molar-refractivity contribution is 5.95. The summed E-state index contributed by atoms with van der Waals surface area (Å²) >= 11 is 0. The Kier molecular flexibility index (Phi) is 17.3. The van der Waals surface area contributed by atoms with Crippen molar-refractivity contribution in [2.75, 3.05) is 60.9 Å². The second kappa shape index (κ2) is 21.6. The van der Waals surface area contributed by atoms with Gasteiger partial charge in [-0.25, -0.2) is 0 Å². The van der Waals surface area contributed by atoms with Crippen molar-refractivity contribution in [3.63, 3.8) is 0 Å². The number of likely N-dealkylation sites (N-methyl/N-ethyl adjacent to an activating group) is 3. The number of hydrogen-bond donors (Lipinski definition) is 11. The van der Waals surface area contributed by atoms with Gasteiger partial charge in [0.25, 0.3) is 0 Å². The van der Waals surface area contributed by atoms with Gasteiger partial charge in [0.15, 0.2) is 0 Å². The molecule has 11 N–H and O–H groups in total. The predicted molar refractivity (Wildman–Crippen MR) is 198 cm³/mol. The van der Waals surface area contributed by atoms with Gasteiger partial charge < -0.3 is 58.1 Å². The summed E-state index contributed by atoms with van der Waals surface area (Å²) < 4.78 is 0. The average Bonchev–Trinajstić information content (AvgIpc) is 3.12. The summed E-state index contributed by atoms with van der Waals surface area (Å²) in [6, 6.07) is 5.60. The molecule has 286 valence electrons. The molecule has 1 aliphatic rings. The summed E-state index contributed by atoms with van der Waals surface area (Å²) in [6.45, 7) is 2.27. The predicted octanol–water partition coefficient (Wildman–Crippen LogP) is -1.64. The summed E-state index contributed by atoms with van der Waals surface area (Å²) in [5.41, 5.74) is 2.20. The third-order valence-electron chi connectivity index (χ3n) is 8.86. The highest BCUT2D eigenvalue weighted by Crippen LogP contribution is 2.31. The number of carbonyl (C=O) groups is 5. The fraction of sp³-hybridized carbons (Fsp3) is 0.528. The number of hydrogen-bond acceptors (Lipinski definition) is 11. The van der Waals surface area contributed by atoms with Crippen LogP contribution in [0.3, 0.4) is 0 Å². The fourth-order valence-electron chi connectivity index (χ4n) is 5.79. The number of benzene rings is 2. The van der Waals surface area contributed by atoms with Crippen LogP contribution in [0.25, 0.3) is 11.1 Å². The van der Waals surface area contributed by atoms with Gasteiger partial charge in [0.05, 0.1) is 6.04 Å². The molecule has 0 radical (unpaired) electrons. The third kappa shape index (κ3) is 12.8. The Balaban J connectivity index is 2.03. The molecule has 2 aromatic rings. The molecular weight excluding hydrogens is 670 g/mol. The van der Waals surface area contributed by atoms with Gasteiger partial charge >= 0.3 is 0 Å². The van der Waals surface area contributed by atoms with Crippen molar-refractivity contribution in [3.05, 3.63) is 47.5 Å². The molecule has 3 rings (SSSR count). The lowest BCUT2D eigenvalue weighted by molar-refractivity contribution is -0.134. The van der Waals surface area contributed by atoms with Gasteiger partial charge in [-0.2, -0.15) is 0 Å². The lowest BCUT2D eigenvalue weighted by atomic mass is 9.95. The number of carbonyl (C=O) groups excluding carboxylic acids is 5. The van der Waals surface area contributed by atoms with Crippen molar-refractivity contribution < 1.29 is 34.2 Å². The second-order valence-electron chi connectivity index (χ2n) is 12.8. The molecule has 16 nitrogen and oxygen atoms in total. The standard InChI is InChI=1S/C36H55N9O7/c1-37-13-5-6-26-34(50)45-29(36(52)44-27(33(49)42-17-15-39-3)9-12-32(48)41-16-14-38-2)21-25-19-23(8-11-31(25)47)22-7-10-30(46)24(18-22)20-28(40-4)35(51)43-26/h7-8,10-11,18-19,26-29,37-40,46-47H,5-6,9,12-17,20-21H2,1-4H3,(H,41,48)(H,42,49)(H,43,51)(H,44,52)(H,45,50)/t26-,27-,28-,29-/m0/s1. The zero-order chi connectivity index (χ0) is 38.0. The fourth-order valence-corrected chi connectivity index (χ4v) is 5.79. The van der Waals surface area contributed by atoms with Gasteiger partial charge in [0, 0.05) is 45.4 Å². The van der Waals surface area contributed by atoms with E-state index in [9.17, 15) is 34.2 Å². The van der Waals surface area contributed by atoms with Gasteiger partial charge in [-0.05, 0) is 101 Å². The van der Waals surface area contributed by atoms with Crippen LogP contribution >= 0.6 is 0 Å². The highest BCUT2D eigenvalue weighted by Gasteiger charge is 2.32. The van der Waals surface area contributed by atoms with E-state index in [4.69, 9.17) is 0 Å². The SMILES string of the molecule is CNCCC[C@@H]1NC(=O)[C@@H](NC)Cc2cc(ccc2O)-c2ccc(O)c(c2)C[C@@H](C(=O)N[C@@H](CCC(=O)NCCNC)C(=O)NCCNC)NC1=O. The van der Waals surface area contributed by atoms with Crippen LogP contribution in [0.4, 0.5) is 0 Å². The summed E-state index contributed by atoms with van der Waals surface area (Å²) in [6.07, 6.45) is 0.651. The Hall–Kier alpha value is -4.77. The molecule has 1 aliphatic heterocycles. The van der Waals surface area contributed by atoms with E-state index in [1.807, 2.05) is 0 Å². The Labute approximate surface area is 305 Å². The molecule has 52 heavy (non-hydrogen) atoms. The number of amides is 5. The zero-order valence-corrected chi connectivity index (χ0v) is 30.5. The third-order valence-corrected chi connectivity index (χ3v) is 8.86. The van der Waals surface area contributed by atoms with Gasteiger partial charge in [-0.15, -0.1) is 0 Å². The first kappa shape index (κ1) is 41.6. The van der Waals surface area contributed by atoms with Crippen LogP contribution in [-0.4, -0.2) is 125 Å². The van der Waals surface area contributed by atoms with Crippen molar-refractivity contribution in [3.8, 4) is 22.6 Å². The topological polar surface area (TPSA) is 234 Å². The molecule has 16 heteroatoms. The van der Waals surface area contributed by atoms with Crippen LogP contribution in [-0.2, 0) is 36.8 Å². The molecule has 5 amide bonds. The summed E-state index contributed by atoms with van der Waals surface area (Å²) in [5, 5.41) is 47.4. The van der Waals surface area contributed by atoms with Gasteiger partial charge in [-0.3, -0.25) is 24.0 Å². The van der Waals surface area contributed by atoms with Gasteiger partial charge in [0.1, 0.15) is 29.6 Å². The van der Waals surface area contributed by atoms with Crippen molar-refractivity contribution in [1.29, 1.82) is 0 Å². The number of rotatable bonds is 17. The van der Waals surface area contributed by atoms with Crippen molar-refractivity contribution in [2.45, 2.75) is 62.7 Å². The van der Waals surface area contributed by atoms with Crippen molar-refractivity contribution in [2.24, 2.45) is 0 Å². The maximum absolute atomic E-state index is 14.1. The van der Waals surface area contributed by atoms with Crippen LogP contribution < -0.4 is 47.9 Å². The van der Waals surface area contributed by atoms with E-state index in [2.05, 4.69) is 47.9 Å². The van der Waals surface area contributed by atoms with Crippen LogP contribution in [0, 0.1) is 0 Å². The molecule has 0 aliphatic carbocycles. The molecule has 0 unspecified atom stereocenters. The molecule has 2 aromatic carbocycles. The Morgan fingerprint density at radius 2 is 1.37 bits per heavy atom. The molecule has 4 bridgehead atoms. The number of nitrogens with one attached hydrogen (secondary N) is 9. The monoisotopic (exact) mass is 725 g/mol. The Bertz CT molecular complexity index is 1520. The van der Waals surface area contributed by atoms with Crippen molar-refractivity contribution >= 4 is 29.5 Å². The molecule has 4 atom stereocenters. The minimum Gasteiger partial charge on any atom is -0.508 e. The summed E-state index contributed by atoms with van der Waals surface area (Å²) in [7, 11) is 6.87. The summed E-state index contributed by atoms with van der Waals surface area (Å²) in [5.74, 6) is -2.73. The number of aromatic hydroxyl groups is 2. The maximum atomic E-state index is 14.1. The second-order valence-corrected chi connectivity index (χ2v) is 12.8. The van der Waals surface area contributed by atoms with E-state index in [-0.39, 0.29) is 56.1 Å². The number of phenols is 2. The minimum atomic E-state index is -1.30. The molecule has 0 saturated carbocycles. The van der Waals surface area contributed by atoms with E-state index in [1.165, 1.54) is 12.1 Å². The molecular formula is C36H55N9O7. The highest BCUT2D eigenvalue weighted by atomic mass is 16.3. The zero-order valence-electron chi connectivity index (χ0n) is 30.5. The van der Waals surface area contributed by atoms with E-state index < -0.39 is 47.8 Å². The molecule has 0 aromatic heterocycles. The van der Waals surface area contributed by atoms with Crippen molar-refractivity contribution in [1.82, 2.24) is 47.9 Å². The molecule has 1 heterocycles. The van der Waals surface area contributed by atoms with E-state index in [1.54, 1.807) is 52.5 Å². The normalized spacial score (nSPS) is 18.2. The van der Waals surface area contributed by atoms with E-state index >= 15 is 0 Å². The summed E-state index contributed by atoms with van der Waals surface area (Å²) in [4.78, 5) is 67.5. The molecule has 0 spiro atoms. The van der Waals surface area contributed by atoms with Crippen LogP contribution in [0.2, 0.25) is 0 Å². The number of phenolic OH excluding ortho intramolecular Hbond substituents is 2. The Morgan fingerprint density at radius 1 is 0.769 bits per heavy atom. The first-order valence-electron chi connectivity index (χ1n) is 17.7. The lowest BCUT2D eigenvalue weighted by Crippen LogP contribution is -2.58. The smallest absolute Gasteiger partial charge is 0.243 e. The van der Waals surface area contributed by atoms with E-state index in [0.29, 0.717) is 54.9 Å². The van der Waals surface area contributed by atoms with Gasteiger partial charge in [-0.1, -0.05) is 12.1 Å². The van der Waals surface area contributed by atoms with Gasteiger partial charge in [0.2, 0.25) is 29.5 Å². The molecule has 0 fully saturated rings. The quantitative estimate of drug-likeness (QED) is 0.0828. The minimum absolute atomic E-state index is 0.000152. The maximum Gasteiger partial charge on any atom is 0.243 e.